The number of methoxy groups -OCH3 is 1. The molecule has 2 amide bonds. The van der Waals surface area contributed by atoms with Crippen molar-refractivity contribution < 1.29 is 24.2 Å². The van der Waals surface area contributed by atoms with Crippen LogP contribution in [-0.4, -0.2) is 36.5 Å². The van der Waals surface area contributed by atoms with Crippen LogP contribution in [0.2, 0.25) is 5.02 Å². The molecule has 152 valence electrons. The van der Waals surface area contributed by atoms with Crippen LogP contribution in [0.5, 0.6) is 5.75 Å². The number of amides is 2. The highest BCUT2D eigenvalue weighted by Crippen LogP contribution is 2.16. The minimum Gasteiger partial charge on any atom is -0.497 e. The van der Waals surface area contributed by atoms with Crippen LogP contribution >= 0.6 is 11.6 Å². The molecule has 0 heterocycles. The van der Waals surface area contributed by atoms with E-state index in [4.69, 9.17) is 21.4 Å². The zero-order chi connectivity index (χ0) is 21.2. The van der Waals surface area contributed by atoms with Gasteiger partial charge in [-0.2, -0.15) is 0 Å². The second kappa shape index (κ2) is 10.9. The number of benzene rings is 2. The van der Waals surface area contributed by atoms with Gasteiger partial charge in [-0.25, -0.2) is 0 Å². The Balaban J connectivity index is 2.20. The summed E-state index contributed by atoms with van der Waals surface area (Å²) >= 11 is 6.06. The summed E-state index contributed by atoms with van der Waals surface area (Å²) in [6, 6.07) is 13.4. The van der Waals surface area contributed by atoms with Crippen LogP contribution < -0.4 is 15.4 Å². The van der Waals surface area contributed by atoms with E-state index in [9.17, 15) is 14.4 Å². The van der Waals surface area contributed by atoms with Gasteiger partial charge < -0.3 is 20.5 Å². The van der Waals surface area contributed by atoms with Crippen molar-refractivity contribution in [1.29, 1.82) is 0 Å². The number of carbonyl (C=O) groups excluding carboxylic acids is 2. The molecule has 3 N–H and O–H groups in total. The van der Waals surface area contributed by atoms with Gasteiger partial charge in [0.15, 0.2) is 0 Å². The topological polar surface area (TPSA) is 105 Å². The van der Waals surface area contributed by atoms with E-state index in [2.05, 4.69) is 10.6 Å². The Kier molecular flexibility index (Phi) is 8.24. The van der Waals surface area contributed by atoms with Crippen molar-refractivity contribution in [2.45, 2.75) is 12.8 Å². The first kappa shape index (κ1) is 22.0. The number of hydrogen-bond donors (Lipinski definition) is 3. The molecule has 0 fully saturated rings. The van der Waals surface area contributed by atoms with Crippen LogP contribution in [0, 0.1) is 0 Å². The molecule has 0 aromatic heterocycles. The molecule has 8 heteroatoms. The fourth-order valence-corrected chi connectivity index (χ4v) is 2.62. The van der Waals surface area contributed by atoms with Crippen molar-refractivity contribution in [1.82, 2.24) is 10.6 Å². The molecule has 0 aliphatic carbocycles. The molecule has 0 saturated carbocycles. The maximum Gasteiger partial charge on any atom is 0.303 e. The minimum atomic E-state index is -0.944. The van der Waals surface area contributed by atoms with E-state index in [-0.39, 0.29) is 35.7 Å². The van der Waals surface area contributed by atoms with Crippen LogP contribution in [0.15, 0.2) is 54.2 Å². The third kappa shape index (κ3) is 6.97. The summed E-state index contributed by atoms with van der Waals surface area (Å²) in [6.07, 6.45) is 1.72. The smallest absolute Gasteiger partial charge is 0.303 e. The standard InChI is InChI=1S/C21H21ClN2O5/c1-29-15-10-8-14(9-11-15)13-18(21(28)23-12-4-7-19(25)26)24-20(27)16-5-2-3-6-17(16)22/h2-3,5-6,8-11,13H,4,7,12H2,1H3,(H,23,28)(H,24,27)(H,25,26). The lowest BCUT2D eigenvalue weighted by Gasteiger charge is -2.12. The highest BCUT2D eigenvalue weighted by atomic mass is 35.5. The Bertz CT molecular complexity index is 910. The van der Waals surface area contributed by atoms with Crippen LogP contribution in [-0.2, 0) is 9.59 Å². The van der Waals surface area contributed by atoms with Crippen molar-refractivity contribution >= 4 is 35.5 Å². The predicted molar refractivity (Wildman–Crippen MR) is 110 cm³/mol. The normalized spacial score (nSPS) is 10.9. The van der Waals surface area contributed by atoms with Crippen LogP contribution in [0.3, 0.4) is 0 Å². The molecule has 7 nitrogen and oxygen atoms in total. The first-order chi connectivity index (χ1) is 13.9. The molecule has 29 heavy (non-hydrogen) atoms. The average molecular weight is 417 g/mol. The molecule has 2 aromatic rings. The second-order valence-corrected chi connectivity index (χ2v) is 6.43. The number of hydrogen-bond acceptors (Lipinski definition) is 4. The van der Waals surface area contributed by atoms with Gasteiger partial charge in [0.2, 0.25) is 0 Å². The average Bonchev–Trinajstić information content (AvgIpc) is 2.71. The predicted octanol–water partition coefficient (Wildman–Crippen LogP) is 3.10. The Morgan fingerprint density at radius 2 is 1.79 bits per heavy atom. The molecule has 2 rings (SSSR count). The van der Waals surface area contributed by atoms with Crippen molar-refractivity contribution in [2.75, 3.05) is 13.7 Å². The highest BCUT2D eigenvalue weighted by molar-refractivity contribution is 6.34. The Morgan fingerprint density at radius 3 is 2.41 bits per heavy atom. The van der Waals surface area contributed by atoms with Gasteiger partial charge in [-0.15, -0.1) is 0 Å². The van der Waals surface area contributed by atoms with Gasteiger partial charge in [-0.05, 0) is 42.3 Å². The van der Waals surface area contributed by atoms with Crippen LogP contribution in [0.25, 0.3) is 6.08 Å². The number of ether oxygens (including phenoxy) is 1. The SMILES string of the molecule is COc1ccc(C=C(NC(=O)c2ccccc2Cl)C(=O)NCCCC(=O)O)cc1. The zero-order valence-electron chi connectivity index (χ0n) is 15.8. The summed E-state index contributed by atoms with van der Waals surface area (Å²) in [7, 11) is 1.55. The number of nitrogens with one attached hydrogen (secondary N) is 2. The van der Waals surface area contributed by atoms with Crippen LogP contribution in [0.4, 0.5) is 0 Å². The van der Waals surface area contributed by atoms with Gasteiger partial charge in [-0.1, -0.05) is 35.9 Å². The Hall–Kier alpha value is -3.32. The summed E-state index contributed by atoms with van der Waals surface area (Å²) in [6.45, 7) is 0.160. The molecule has 0 spiro atoms. The number of halogens is 1. The lowest BCUT2D eigenvalue weighted by molar-refractivity contribution is -0.137. The molecule has 0 bridgehead atoms. The van der Waals surface area contributed by atoms with Gasteiger partial charge in [0.25, 0.3) is 11.8 Å². The number of carboxylic acids is 1. The Morgan fingerprint density at radius 1 is 1.10 bits per heavy atom. The first-order valence-electron chi connectivity index (χ1n) is 8.82. The molecule has 0 aliphatic heterocycles. The highest BCUT2D eigenvalue weighted by Gasteiger charge is 2.16. The van der Waals surface area contributed by atoms with Gasteiger partial charge in [0.1, 0.15) is 11.4 Å². The minimum absolute atomic E-state index is 0.00964. The summed E-state index contributed by atoms with van der Waals surface area (Å²) < 4.78 is 5.11. The third-order valence-electron chi connectivity index (χ3n) is 3.89. The largest absolute Gasteiger partial charge is 0.497 e. The van der Waals surface area contributed by atoms with E-state index < -0.39 is 17.8 Å². The van der Waals surface area contributed by atoms with Crippen molar-refractivity contribution in [3.8, 4) is 5.75 Å². The van der Waals surface area contributed by atoms with E-state index in [0.717, 1.165) is 0 Å². The number of aliphatic carboxylic acids is 1. The molecular formula is C21H21ClN2O5. The first-order valence-corrected chi connectivity index (χ1v) is 9.20. The number of rotatable bonds is 9. The quantitative estimate of drug-likeness (QED) is 0.430. The van der Waals surface area contributed by atoms with E-state index in [1.54, 1.807) is 55.6 Å². The zero-order valence-corrected chi connectivity index (χ0v) is 16.5. The summed E-state index contributed by atoms with van der Waals surface area (Å²) in [5.74, 6) is -1.36. The summed E-state index contributed by atoms with van der Waals surface area (Å²) in [4.78, 5) is 35.7. The maximum absolute atomic E-state index is 12.6. The molecule has 0 saturated heterocycles. The maximum atomic E-state index is 12.6. The van der Waals surface area contributed by atoms with Crippen molar-refractivity contribution in [3.63, 3.8) is 0 Å². The van der Waals surface area contributed by atoms with Gasteiger partial charge in [-0.3, -0.25) is 14.4 Å². The van der Waals surface area contributed by atoms with Gasteiger partial charge >= 0.3 is 5.97 Å². The van der Waals surface area contributed by atoms with E-state index >= 15 is 0 Å². The van der Waals surface area contributed by atoms with Gasteiger partial charge in [0.05, 0.1) is 17.7 Å². The molecular weight excluding hydrogens is 396 g/mol. The van der Waals surface area contributed by atoms with Gasteiger partial charge in [0, 0.05) is 13.0 Å². The lowest BCUT2D eigenvalue weighted by Crippen LogP contribution is -2.35. The summed E-state index contributed by atoms with van der Waals surface area (Å²) in [5.41, 5.74) is 0.907. The van der Waals surface area contributed by atoms with Crippen LogP contribution in [0.1, 0.15) is 28.8 Å². The fourth-order valence-electron chi connectivity index (χ4n) is 2.40. The van der Waals surface area contributed by atoms with E-state index in [1.165, 1.54) is 6.08 Å². The monoisotopic (exact) mass is 416 g/mol. The van der Waals surface area contributed by atoms with Crippen molar-refractivity contribution in [3.05, 3.63) is 70.4 Å². The van der Waals surface area contributed by atoms with Crippen molar-refractivity contribution in [2.24, 2.45) is 0 Å². The van der Waals surface area contributed by atoms with E-state index in [1.807, 2.05) is 0 Å². The molecule has 0 atom stereocenters. The molecule has 0 unspecified atom stereocenters. The fraction of sp³-hybridized carbons (Fsp3) is 0.190. The Labute approximate surface area is 173 Å². The number of carbonyl (C=O) groups is 3. The second-order valence-electron chi connectivity index (χ2n) is 6.02. The third-order valence-corrected chi connectivity index (χ3v) is 4.22. The molecule has 2 aromatic carbocycles. The lowest BCUT2D eigenvalue weighted by atomic mass is 10.1. The van der Waals surface area contributed by atoms with E-state index in [0.29, 0.717) is 11.3 Å². The number of carboxylic acid groups (broad SMARTS) is 1. The molecule has 0 radical (unpaired) electrons. The summed E-state index contributed by atoms with van der Waals surface area (Å²) in [5, 5.41) is 14.1. The molecule has 0 aliphatic rings.